The summed E-state index contributed by atoms with van der Waals surface area (Å²) in [6, 6.07) is 15.7. The third-order valence-electron chi connectivity index (χ3n) is 5.13. The van der Waals surface area contributed by atoms with Gasteiger partial charge in [0.05, 0.1) is 22.7 Å². The topological polar surface area (TPSA) is 116 Å². The molecule has 1 saturated carbocycles. The fourth-order valence-corrected chi connectivity index (χ4v) is 4.28. The van der Waals surface area contributed by atoms with Gasteiger partial charge in [0, 0.05) is 35.4 Å². The number of nitro benzene ring substituents is 1. The average Bonchev–Trinajstić information content (AvgIpc) is 3.41. The summed E-state index contributed by atoms with van der Waals surface area (Å²) in [5, 5.41) is 28.2. The van der Waals surface area contributed by atoms with Crippen LogP contribution in [0.3, 0.4) is 0 Å². The van der Waals surface area contributed by atoms with Gasteiger partial charge in [0.1, 0.15) is 5.01 Å². The van der Waals surface area contributed by atoms with E-state index in [0.29, 0.717) is 27.9 Å². The SMILES string of the molecule is O=C(Cc1cn(-c2ccccc2)nc1-c1ccc([N+](=O)[O-])cc1)Nc1nnc(C2CC2)s1. The Balaban J connectivity index is 1.43. The molecule has 0 atom stereocenters. The van der Waals surface area contributed by atoms with Gasteiger partial charge in [0.2, 0.25) is 11.0 Å². The van der Waals surface area contributed by atoms with Gasteiger partial charge in [-0.25, -0.2) is 4.68 Å². The van der Waals surface area contributed by atoms with E-state index in [1.54, 1.807) is 23.0 Å². The molecule has 9 nitrogen and oxygen atoms in total. The molecule has 160 valence electrons. The molecule has 2 heterocycles. The van der Waals surface area contributed by atoms with E-state index in [1.807, 2.05) is 30.3 Å². The lowest BCUT2D eigenvalue weighted by Gasteiger charge is -2.03. The Labute approximate surface area is 186 Å². The summed E-state index contributed by atoms with van der Waals surface area (Å²) in [4.78, 5) is 23.3. The highest BCUT2D eigenvalue weighted by atomic mass is 32.1. The van der Waals surface area contributed by atoms with Gasteiger partial charge >= 0.3 is 0 Å². The molecule has 32 heavy (non-hydrogen) atoms. The highest BCUT2D eigenvalue weighted by molar-refractivity contribution is 7.15. The summed E-state index contributed by atoms with van der Waals surface area (Å²) in [5.74, 6) is 0.260. The predicted molar refractivity (Wildman–Crippen MR) is 120 cm³/mol. The molecule has 2 aromatic carbocycles. The van der Waals surface area contributed by atoms with Gasteiger partial charge in [-0.15, -0.1) is 10.2 Å². The predicted octanol–water partition coefficient (Wildman–Crippen LogP) is 4.36. The zero-order valence-electron chi connectivity index (χ0n) is 16.8. The Morgan fingerprint density at radius 1 is 1.12 bits per heavy atom. The van der Waals surface area contributed by atoms with Crippen LogP contribution in [0.1, 0.15) is 29.3 Å². The van der Waals surface area contributed by atoms with Crippen molar-refractivity contribution in [3.8, 4) is 16.9 Å². The molecule has 0 saturated heterocycles. The molecular weight excluding hydrogens is 428 g/mol. The number of nitro groups is 1. The molecule has 1 aliphatic carbocycles. The van der Waals surface area contributed by atoms with Gasteiger partial charge < -0.3 is 5.32 Å². The van der Waals surface area contributed by atoms with Crippen molar-refractivity contribution in [3.05, 3.63) is 81.5 Å². The molecule has 10 heteroatoms. The van der Waals surface area contributed by atoms with E-state index in [0.717, 1.165) is 23.5 Å². The van der Waals surface area contributed by atoms with Crippen LogP contribution in [0.4, 0.5) is 10.8 Å². The number of aromatic nitrogens is 4. The van der Waals surface area contributed by atoms with Crippen LogP contribution in [0.15, 0.2) is 60.8 Å². The summed E-state index contributed by atoms with van der Waals surface area (Å²) in [5.41, 5.74) is 2.83. The van der Waals surface area contributed by atoms with Crippen LogP contribution in [0.5, 0.6) is 0 Å². The molecule has 1 fully saturated rings. The van der Waals surface area contributed by atoms with Crippen molar-refractivity contribution in [2.45, 2.75) is 25.2 Å². The number of carbonyl (C=O) groups is 1. The number of nitrogens with one attached hydrogen (secondary N) is 1. The highest BCUT2D eigenvalue weighted by Gasteiger charge is 2.28. The highest BCUT2D eigenvalue weighted by Crippen LogP contribution is 2.42. The van der Waals surface area contributed by atoms with E-state index in [-0.39, 0.29) is 18.0 Å². The third kappa shape index (κ3) is 4.26. The summed E-state index contributed by atoms with van der Waals surface area (Å²) in [6.07, 6.45) is 4.14. The minimum Gasteiger partial charge on any atom is -0.300 e. The smallest absolute Gasteiger partial charge is 0.269 e. The van der Waals surface area contributed by atoms with Gasteiger partial charge in [-0.05, 0) is 37.1 Å². The van der Waals surface area contributed by atoms with Crippen LogP contribution in [-0.2, 0) is 11.2 Å². The maximum Gasteiger partial charge on any atom is 0.269 e. The first-order valence-corrected chi connectivity index (χ1v) is 10.9. The largest absolute Gasteiger partial charge is 0.300 e. The Kier molecular flexibility index (Phi) is 5.20. The second kappa shape index (κ2) is 8.31. The Bertz CT molecular complexity index is 1280. The van der Waals surface area contributed by atoms with Crippen LogP contribution in [0.2, 0.25) is 0 Å². The lowest BCUT2D eigenvalue weighted by atomic mass is 10.1. The molecule has 0 spiro atoms. The number of amides is 1. The van der Waals surface area contributed by atoms with Crippen molar-refractivity contribution in [1.82, 2.24) is 20.0 Å². The Hall–Kier alpha value is -3.92. The first kappa shape index (κ1) is 20.0. The molecule has 0 radical (unpaired) electrons. The van der Waals surface area contributed by atoms with Crippen molar-refractivity contribution in [1.29, 1.82) is 0 Å². The number of benzene rings is 2. The Morgan fingerprint density at radius 2 is 1.88 bits per heavy atom. The van der Waals surface area contributed by atoms with Gasteiger partial charge in [0.25, 0.3) is 5.69 Å². The number of para-hydroxylation sites is 1. The van der Waals surface area contributed by atoms with Crippen molar-refractivity contribution in [2.75, 3.05) is 5.32 Å². The number of carbonyl (C=O) groups excluding carboxylic acids is 1. The fraction of sp³-hybridized carbons (Fsp3) is 0.182. The quantitative estimate of drug-likeness (QED) is 0.333. The van der Waals surface area contributed by atoms with E-state index in [1.165, 1.54) is 23.5 Å². The first-order chi connectivity index (χ1) is 15.6. The standard InChI is InChI=1S/C22H18N6O3S/c29-19(23-22-25-24-21(32-22)15-6-7-15)12-16-13-27(17-4-2-1-3-5-17)26-20(16)14-8-10-18(11-9-14)28(30)31/h1-5,8-11,13,15H,6-7,12H2,(H,23,25,29). The van der Waals surface area contributed by atoms with Crippen molar-refractivity contribution >= 4 is 28.1 Å². The molecule has 0 unspecified atom stereocenters. The second-order valence-corrected chi connectivity index (χ2v) is 8.54. The van der Waals surface area contributed by atoms with Crippen LogP contribution in [-0.4, -0.2) is 30.8 Å². The van der Waals surface area contributed by atoms with Gasteiger partial charge in [-0.1, -0.05) is 29.5 Å². The average molecular weight is 446 g/mol. The minimum atomic E-state index is -0.446. The van der Waals surface area contributed by atoms with Crippen LogP contribution in [0, 0.1) is 10.1 Å². The van der Waals surface area contributed by atoms with Crippen molar-refractivity contribution < 1.29 is 9.72 Å². The van der Waals surface area contributed by atoms with E-state index in [4.69, 9.17) is 0 Å². The van der Waals surface area contributed by atoms with Gasteiger partial charge in [0.15, 0.2) is 0 Å². The zero-order valence-corrected chi connectivity index (χ0v) is 17.7. The van der Waals surface area contributed by atoms with Crippen LogP contribution < -0.4 is 5.32 Å². The Morgan fingerprint density at radius 3 is 2.56 bits per heavy atom. The second-order valence-electron chi connectivity index (χ2n) is 7.53. The number of hydrogen-bond donors (Lipinski definition) is 1. The summed E-state index contributed by atoms with van der Waals surface area (Å²) < 4.78 is 1.70. The van der Waals surface area contributed by atoms with Crippen molar-refractivity contribution in [3.63, 3.8) is 0 Å². The fourth-order valence-electron chi connectivity index (χ4n) is 3.35. The lowest BCUT2D eigenvalue weighted by molar-refractivity contribution is -0.384. The molecule has 5 rings (SSSR count). The summed E-state index contributed by atoms with van der Waals surface area (Å²) >= 11 is 1.41. The maximum atomic E-state index is 12.8. The molecule has 4 aromatic rings. The number of rotatable bonds is 7. The van der Waals surface area contributed by atoms with Gasteiger partial charge in [-0.3, -0.25) is 14.9 Å². The monoisotopic (exact) mass is 446 g/mol. The molecule has 0 aliphatic heterocycles. The van der Waals surface area contributed by atoms with Crippen LogP contribution >= 0.6 is 11.3 Å². The van der Waals surface area contributed by atoms with Crippen molar-refractivity contribution in [2.24, 2.45) is 0 Å². The first-order valence-electron chi connectivity index (χ1n) is 10.1. The van der Waals surface area contributed by atoms with E-state index in [2.05, 4.69) is 20.6 Å². The van der Waals surface area contributed by atoms with E-state index >= 15 is 0 Å². The molecule has 1 aliphatic rings. The lowest BCUT2D eigenvalue weighted by Crippen LogP contribution is -2.14. The number of hydrogen-bond acceptors (Lipinski definition) is 7. The molecular formula is C22H18N6O3S. The normalized spacial score (nSPS) is 13.1. The molecule has 2 aromatic heterocycles. The number of anilines is 1. The molecule has 0 bridgehead atoms. The van der Waals surface area contributed by atoms with E-state index in [9.17, 15) is 14.9 Å². The number of nitrogens with zero attached hydrogens (tertiary/aromatic N) is 5. The molecule has 1 N–H and O–H groups in total. The van der Waals surface area contributed by atoms with E-state index < -0.39 is 4.92 Å². The third-order valence-corrected chi connectivity index (χ3v) is 6.13. The molecule has 1 amide bonds. The van der Waals surface area contributed by atoms with Gasteiger partial charge in [-0.2, -0.15) is 5.10 Å². The minimum absolute atomic E-state index is 0.00160. The zero-order chi connectivity index (χ0) is 22.1. The summed E-state index contributed by atoms with van der Waals surface area (Å²) in [7, 11) is 0. The van der Waals surface area contributed by atoms with Crippen LogP contribution in [0.25, 0.3) is 16.9 Å². The number of non-ortho nitro benzene ring substituents is 1. The summed E-state index contributed by atoms with van der Waals surface area (Å²) in [6.45, 7) is 0. The maximum absolute atomic E-state index is 12.8.